The number of esters is 1. The molecule has 0 unspecified atom stereocenters. The van der Waals surface area contributed by atoms with Gasteiger partial charge in [-0.2, -0.15) is 0 Å². The van der Waals surface area contributed by atoms with Crippen molar-refractivity contribution in [1.82, 2.24) is 4.90 Å². The minimum Gasteiger partial charge on any atom is -0.503 e. The summed E-state index contributed by atoms with van der Waals surface area (Å²) in [4.78, 5) is 29.7. The van der Waals surface area contributed by atoms with E-state index < -0.39 is 26.7 Å². The number of aliphatic hydroxyl groups excluding tert-OH is 1. The summed E-state index contributed by atoms with van der Waals surface area (Å²) in [5.41, 5.74) is 3.11. The average Bonchev–Trinajstić information content (AvgIpc) is 3.45. The van der Waals surface area contributed by atoms with Crippen molar-refractivity contribution in [3.05, 3.63) is 95.1 Å². The van der Waals surface area contributed by atoms with Crippen LogP contribution in [0.5, 0.6) is 0 Å². The van der Waals surface area contributed by atoms with Crippen LogP contribution in [0.3, 0.4) is 0 Å². The van der Waals surface area contributed by atoms with Crippen molar-refractivity contribution >= 4 is 31.2 Å². The van der Waals surface area contributed by atoms with Gasteiger partial charge >= 0.3 is 12.1 Å². The van der Waals surface area contributed by atoms with E-state index in [4.69, 9.17) is 13.9 Å². The zero-order valence-electron chi connectivity index (χ0n) is 32.1. The number of benzene rings is 3. The lowest BCUT2D eigenvalue weighted by atomic mass is 9.75. The van der Waals surface area contributed by atoms with Crippen molar-refractivity contribution in [2.45, 2.75) is 130 Å². The first-order valence-corrected chi connectivity index (χ1v) is 21.1. The number of ether oxygens (including phenoxy) is 2. The number of amides is 1. The first-order chi connectivity index (χ1) is 24.2. The maximum atomic E-state index is 14.5. The van der Waals surface area contributed by atoms with E-state index in [0.29, 0.717) is 29.9 Å². The van der Waals surface area contributed by atoms with E-state index in [1.807, 2.05) is 66.7 Å². The van der Waals surface area contributed by atoms with Crippen molar-refractivity contribution in [2.24, 2.45) is 17.8 Å². The molecule has 7 nitrogen and oxygen atoms in total. The fraction of sp³-hybridized carbons (Fsp3) is 0.535. The smallest absolute Gasteiger partial charge is 0.396 e. The van der Waals surface area contributed by atoms with E-state index >= 15 is 0 Å². The van der Waals surface area contributed by atoms with Crippen LogP contribution in [0.4, 0.5) is 4.79 Å². The Morgan fingerprint density at radius 2 is 1.53 bits per heavy atom. The summed E-state index contributed by atoms with van der Waals surface area (Å²) in [6, 6.07) is 21.7. The lowest BCUT2D eigenvalue weighted by molar-refractivity contribution is -0.179. The number of cyclic esters (lactones) is 1. The second kappa shape index (κ2) is 16.5. The number of fused-ring (bicyclic) bond motifs is 1. The predicted molar refractivity (Wildman–Crippen MR) is 206 cm³/mol. The van der Waals surface area contributed by atoms with Crippen molar-refractivity contribution in [3.8, 4) is 0 Å². The molecular weight excluding hydrogens is 655 g/mol. The number of carbonyl (C=O) groups is 2. The molecule has 0 spiro atoms. The number of hydrogen-bond donors (Lipinski definition) is 1. The molecule has 1 amide bonds. The molecule has 8 heteroatoms. The highest BCUT2D eigenvalue weighted by molar-refractivity contribution is 6.78. The molecule has 3 aromatic rings. The summed E-state index contributed by atoms with van der Waals surface area (Å²) >= 11 is 0. The Labute approximate surface area is 306 Å². The lowest BCUT2D eigenvalue weighted by Crippen LogP contribution is -2.51. The monoisotopic (exact) mass is 713 g/mol. The SMILES string of the molecule is CC(C)[C@@H]1CC[C@@H](C)C[C@H]1O[C@H]1C=C([C@@H](O)c2ccc3ccccc3c2CN(Cc2ccccc2)C(=O)O[Si](C(C)C)(C(C)C)C(C)C)C(=O)O1. The highest BCUT2D eigenvalue weighted by atomic mass is 28.4. The van der Waals surface area contributed by atoms with Crippen LogP contribution in [0, 0.1) is 17.8 Å². The van der Waals surface area contributed by atoms with Crippen molar-refractivity contribution in [3.63, 3.8) is 0 Å². The number of rotatable bonds is 13. The van der Waals surface area contributed by atoms with Crippen LogP contribution in [-0.2, 0) is 31.8 Å². The summed E-state index contributed by atoms with van der Waals surface area (Å²) in [6.45, 7) is 20.2. The Bertz CT molecular complexity index is 1660. The number of aliphatic hydroxyl groups is 1. The Morgan fingerprint density at radius 3 is 2.18 bits per heavy atom. The topological polar surface area (TPSA) is 85.3 Å². The van der Waals surface area contributed by atoms with E-state index in [1.54, 1.807) is 11.0 Å². The van der Waals surface area contributed by atoms with Crippen molar-refractivity contribution in [1.29, 1.82) is 0 Å². The van der Waals surface area contributed by atoms with E-state index in [1.165, 1.54) is 6.42 Å². The van der Waals surface area contributed by atoms with Gasteiger partial charge < -0.3 is 23.9 Å². The molecule has 1 heterocycles. The normalized spacial score (nSPS) is 21.8. The Balaban J connectivity index is 1.52. The molecule has 5 rings (SSSR count). The molecule has 0 aromatic heterocycles. The zero-order chi connectivity index (χ0) is 37.0. The van der Waals surface area contributed by atoms with Crippen molar-refractivity contribution < 1.29 is 28.6 Å². The zero-order valence-corrected chi connectivity index (χ0v) is 33.1. The second-order valence-electron chi connectivity index (χ2n) is 16.2. The number of hydrogen-bond acceptors (Lipinski definition) is 6. The van der Waals surface area contributed by atoms with Crippen LogP contribution in [0.25, 0.3) is 10.8 Å². The summed E-state index contributed by atoms with van der Waals surface area (Å²) in [7, 11) is -2.58. The Kier molecular flexibility index (Phi) is 12.5. The van der Waals surface area contributed by atoms with E-state index in [0.717, 1.165) is 34.7 Å². The molecule has 1 fully saturated rings. The highest BCUT2D eigenvalue weighted by Crippen LogP contribution is 2.43. The summed E-state index contributed by atoms with van der Waals surface area (Å²) in [6.07, 6.45) is 2.31. The van der Waals surface area contributed by atoms with Crippen LogP contribution < -0.4 is 0 Å². The minimum absolute atomic E-state index is 0.0220. The molecule has 1 aliphatic heterocycles. The quantitative estimate of drug-likeness (QED) is 0.140. The van der Waals surface area contributed by atoms with Crippen LogP contribution >= 0.6 is 0 Å². The largest absolute Gasteiger partial charge is 0.503 e. The predicted octanol–water partition coefficient (Wildman–Crippen LogP) is 10.5. The van der Waals surface area contributed by atoms with Crippen LogP contribution in [0.2, 0.25) is 16.6 Å². The first-order valence-electron chi connectivity index (χ1n) is 19.0. The third kappa shape index (κ3) is 8.45. The molecule has 5 atom stereocenters. The van der Waals surface area contributed by atoms with Gasteiger partial charge in [0.15, 0.2) is 0 Å². The summed E-state index contributed by atoms with van der Waals surface area (Å²) < 4.78 is 18.9. The third-order valence-corrected chi connectivity index (χ3v) is 17.4. The Hall–Kier alpha value is -3.46. The van der Waals surface area contributed by atoms with Crippen molar-refractivity contribution in [2.75, 3.05) is 0 Å². The maximum Gasteiger partial charge on any atom is 0.396 e. The van der Waals surface area contributed by atoms with Gasteiger partial charge in [0.25, 0.3) is 8.32 Å². The number of nitrogens with zero attached hydrogens (tertiary/aromatic N) is 1. The molecule has 2 aliphatic rings. The van der Waals surface area contributed by atoms with Gasteiger partial charge in [0, 0.05) is 6.54 Å². The average molecular weight is 714 g/mol. The molecule has 276 valence electrons. The minimum atomic E-state index is -2.58. The number of carbonyl (C=O) groups excluding carboxylic acids is 2. The lowest BCUT2D eigenvalue weighted by Gasteiger charge is -2.42. The molecule has 1 saturated carbocycles. The summed E-state index contributed by atoms with van der Waals surface area (Å²) in [5, 5.41) is 13.9. The van der Waals surface area contributed by atoms with Gasteiger partial charge in [0.1, 0.15) is 6.10 Å². The second-order valence-corrected chi connectivity index (χ2v) is 21.6. The maximum absolute atomic E-state index is 14.5. The standard InChI is InChI=1S/C43H59NO6Si/c1-27(2)34-21-19-31(9)23-39(34)48-40-24-37(42(46)49-40)41(45)36-22-20-33-17-13-14-18-35(33)38(36)26-44(25-32-15-11-10-12-16-32)43(47)50-51(28(3)4,29(5)6)30(7)8/h10-18,20,22,24,27-31,34,39-41,45H,19,21,23,25-26H2,1-9H3/t31-,34+,39-,40-,41+/m1/s1. The molecule has 0 radical (unpaired) electrons. The molecule has 0 bridgehead atoms. The fourth-order valence-electron chi connectivity index (χ4n) is 8.84. The van der Waals surface area contributed by atoms with Gasteiger partial charge in [-0.05, 0) is 80.8 Å². The van der Waals surface area contributed by atoms with Gasteiger partial charge in [0.2, 0.25) is 6.29 Å². The van der Waals surface area contributed by atoms with Gasteiger partial charge in [0.05, 0.1) is 18.2 Å². The van der Waals surface area contributed by atoms with E-state index in [-0.39, 0.29) is 40.9 Å². The van der Waals surface area contributed by atoms with Gasteiger partial charge in [-0.1, -0.05) is 135 Å². The first kappa shape index (κ1) is 38.8. The van der Waals surface area contributed by atoms with Crippen LogP contribution in [0.1, 0.15) is 104 Å². The molecule has 0 saturated heterocycles. The third-order valence-electron chi connectivity index (χ3n) is 11.5. The molecule has 3 aromatic carbocycles. The molecule has 1 N–H and O–H groups in total. The van der Waals surface area contributed by atoms with Gasteiger partial charge in [-0.25, -0.2) is 9.59 Å². The molecular formula is C43H59NO6Si. The summed E-state index contributed by atoms with van der Waals surface area (Å²) in [5.74, 6) is 0.789. The fourth-order valence-corrected chi connectivity index (χ4v) is 14.0. The van der Waals surface area contributed by atoms with Crippen LogP contribution in [-0.4, -0.2) is 42.8 Å². The van der Waals surface area contributed by atoms with Gasteiger partial charge in [-0.15, -0.1) is 0 Å². The van der Waals surface area contributed by atoms with Gasteiger partial charge in [-0.3, -0.25) is 0 Å². The Morgan fingerprint density at radius 1 is 0.882 bits per heavy atom. The van der Waals surface area contributed by atoms with Crippen LogP contribution in [0.15, 0.2) is 78.4 Å². The highest BCUT2D eigenvalue weighted by Gasteiger charge is 2.49. The molecule has 51 heavy (non-hydrogen) atoms. The molecule has 1 aliphatic carbocycles. The van der Waals surface area contributed by atoms with E-state index in [9.17, 15) is 14.7 Å². The van der Waals surface area contributed by atoms with E-state index in [2.05, 4.69) is 62.3 Å².